The maximum Gasteiger partial charge on any atom is 0.139 e. The molecule has 0 bridgehead atoms. The molecule has 6 nitrogen and oxygen atoms in total. The predicted octanol–water partition coefficient (Wildman–Crippen LogP) is 0.830. The molecule has 0 aliphatic carbocycles. The summed E-state index contributed by atoms with van der Waals surface area (Å²) in [6, 6.07) is 0. The fourth-order valence-electron chi connectivity index (χ4n) is 0.714. The Hall–Kier alpha value is -1.85. The number of thiazole rings is 1. The highest BCUT2D eigenvalue weighted by Crippen LogP contribution is 2.09. The smallest absolute Gasteiger partial charge is 0.139 e. The first kappa shape index (κ1) is 10.2. The zero-order valence-electron chi connectivity index (χ0n) is 6.95. The molecule has 0 radical (unpaired) electrons. The number of aromatic nitrogens is 1. The van der Waals surface area contributed by atoms with E-state index >= 15 is 0 Å². The fraction of sp³-hybridized carbons (Fsp3) is 0.143. The molecule has 0 aliphatic rings. The highest BCUT2D eigenvalue weighted by Gasteiger charge is 1.98. The van der Waals surface area contributed by atoms with Crippen LogP contribution in [-0.4, -0.2) is 17.5 Å². The van der Waals surface area contributed by atoms with Crippen molar-refractivity contribution < 1.29 is 9.90 Å². The number of carboxylic acid groups (broad SMARTS) is 1. The molecule has 0 N–H and O–H groups in total. The summed E-state index contributed by atoms with van der Waals surface area (Å²) in [7, 11) is 0. The molecule has 1 heterocycles. The minimum Gasteiger partial charge on any atom is -0.542 e. The third-order valence-electron chi connectivity index (χ3n) is 1.24. The van der Waals surface area contributed by atoms with Gasteiger partial charge in [0.05, 0.1) is 5.69 Å². The lowest BCUT2D eigenvalue weighted by atomic mass is 10.4. The van der Waals surface area contributed by atoms with Gasteiger partial charge in [-0.2, -0.15) is 0 Å². The third kappa shape index (κ3) is 2.89. The largest absolute Gasteiger partial charge is 0.542 e. The summed E-state index contributed by atoms with van der Waals surface area (Å²) in [4.78, 5) is 16.6. The van der Waals surface area contributed by atoms with Crippen molar-refractivity contribution in [3.05, 3.63) is 32.6 Å². The SMILES string of the molecule is [N-]=[N+]=NCC=Cc1csc(C(=O)[O-])n1. The zero-order chi connectivity index (χ0) is 10.4. The van der Waals surface area contributed by atoms with Gasteiger partial charge in [-0.15, -0.1) is 11.3 Å². The molecule has 0 fully saturated rings. The van der Waals surface area contributed by atoms with E-state index in [4.69, 9.17) is 5.53 Å². The Kier molecular flexibility index (Phi) is 3.66. The Morgan fingerprint density at radius 3 is 3.21 bits per heavy atom. The first-order valence-corrected chi connectivity index (χ1v) is 4.46. The van der Waals surface area contributed by atoms with Crippen LogP contribution in [0.5, 0.6) is 0 Å². The molecular weight excluding hydrogens is 204 g/mol. The molecule has 1 aromatic heterocycles. The topological polar surface area (TPSA) is 102 Å². The molecule has 0 unspecified atom stereocenters. The second-order valence-electron chi connectivity index (χ2n) is 2.18. The molecule has 72 valence electrons. The minimum atomic E-state index is -1.29. The number of hydrogen-bond donors (Lipinski definition) is 0. The first-order chi connectivity index (χ1) is 6.74. The van der Waals surface area contributed by atoms with Crippen molar-refractivity contribution in [1.82, 2.24) is 4.98 Å². The fourth-order valence-corrected chi connectivity index (χ4v) is 1.33. The van der Waals surface area contributed by atoms with Crippen LogP contribution in [0, 0.1) is 0 Å². The average Bonchev–Trinajstić information content (AvgIpc) is 2.61. The predicted molar refractivity (Wildman–Crippen MR) is 49.5 cm³/mol. The second kappa shape index (κ2) is 5.00. The Morgan fingerprint density at radius 2 is 2.64 bits per heavy atom. The molecule has 0 spiro atoms. The second-order valence-corrected chi connectivity index (χ2v) is 3.04. The molecule has 0 aliphatic heterocycles. The summed E-state index contributed by atoms with van der Waals surface area (Å²) in [6.45, 7) is 0.217. The van der Waals surface area contributed by atoms with Crippen molar-refractivity contribution >= 4 is 23.4 Å². The van der Waals surface area contributed by atoms with Crippen molar-refractivity contribution in [3.63, 3.8) is 0 Å². The summed E-state index contributed by atoms with van der Waals surface area (Å²) in [5.41, 5.74) is 8.48. The van der Waals surface area contributed by atoms with Crippen LogP contribution in [0.25, 0.3) is 16.5 Å². The molecule has 0 atom stereocenters. The van der Waals surface area contributed by atoms with Gasteiger partial charge in [-0.1, -0.05) is 11.2 Å². The Bertz CT molecular complexity index is 406. The molecule has 0 saturated heterocycles. The van der Waals surface area contributed by atoms with Gasteiger partial charge in [0.1, 0.15) is 11.0 Å². The van der Waals surface area contributed by atoms with Gasteiger partial charge in [-0.25, -0.2) is 4.98 Å². The van der Waals surface area contributed by atoms with Crippen LogP contribution in [0.3, 0.4) is 0 Å². The maximum absolute atomic E-state index is 10.3. The molecular formula is C7H5N4O2S-. The monoisotopic (exact) mass is 209 g/mol. The first-order valence-electron chi connectivity index (χ1n) is 3.58. The van der Waals surface area contributed by atoms with Gasteiger partial charge >= 0.3 is 0 Å². The van der Waals surface area contributed by atoms with E-state index in [9.17, 15) is 9.90 Å². The van der Waals surface area contributed by atoms with Gasteiger partial charge in [0.2, 0.25) is 0 Å². The van der Waals surface area contributed by atoms with Gasteiger partial charge in [-0.05, 0) is 11.6 Å². The summed E-state index contributed by atoms with van der Waals surface area (Å²) < 4.78 is 0. The molecule has 0 amide bonds. The number of carbonyl (C=O) groups excluding carboxylic acids is 1. The van der Waals surface area contributed by atoms with E-state index in [1.165, 1.54) is 0 Å². The van der Waals surface area contributed by atoms with E-state index in [1.54, 1.807) is 17.5 Å². The molecule has 14 heavy (non-hydrogen) atoms. The summed E-state index contributed by atoms with van der Waals surface area (Å²) in [6.07, 6.45) is 3.17. The summed E-state index contributed by atoms with van der Waals surface area (Å²) in [5.74, 6) is -1.29. The Balaban J connectivity index is 2.63. The third-order valence-corrected chi connectivity index (χ3v) is 2.08. The maximum atomic E-state index is 10.3. The number of hydrogen-bond acceptors (Lipinski definition) is 5. The average molecular weight is 209 g/mol. The van der Waals surface area contributed by atoms with Crippen LogP contribution in [0.1, 0.15) is 15.5 Å². The number of rotatable bonds is 4. The van der Waals surface area contributed by atoms with E-state index < -0.39 is 5.97 Å². The number of aromatic carboxylic acids is 1. The molecule has 0 saturated carbocycles. The number of nitrogens with zero attached hydrogens (tertiary/aromatic N) is 4. The van der Waals surface area contributed by atoms with Crippen LogP contribution in [-0.2, 0) is 0 Å². The van der Waals surface area contributed by atoms with Gasteiger partial charge in [0, 0.05) is 16.8 Å². The van der Waals surface area contributed by atoms with E-state index in [1.807, 2.05) is 0 Å². The summed E-state index contributed by atoms with van der Waals surface area (Å²) in [5, 5.41) is 15.1. The number of carboxylic acids is 1. The van der Waals surface area contributed by atoms with Crippen LogP contribution in [0.2, 0.25) is 0 Å². The van der Waals surface area contributed by atoms with Crippen molar-refractivity contribution in [2.75, 3.05) is 6.54 Å². The standard InChI is InChI=1S/C7H6N4O2S/c8-11-9-3-1-2-5-4-14-6(10-5)7(12)13/h1-2,4H,3H2,(H,12,13)/p-1. The molecule has 1 rings (SSSR count). The van der Waals surface area contributed by atoms with Gasteiger partial charge in [0.15, 0.2) is 0 Å². The molecule has 1 aromatic rings. The van der Waals surface area contributed by atoms with E-state index in [0.717, 1.165) is 11.3 Å². The van der Waals surface area contributed by atoms with Crippen LogP contribution in [0.4, 0.5) is 0 Å². The molecule has 0 aromatic carbocycles. The van der Waals surface area contributed by atoms with E-state index in [2.05, 4.69) is 15.0 Å². The van der Waals surface area contributed by atoms with Crippen LogP contribution >= 0.6 is 11.3 Å². The van der Waals surface area contributed by atoms with Crippen molar-refractivity contribution in [2.24, 2.45) is 5.11 Å². The lowest BCUT2D eigenvalue weighted by Gasteiger charge is -1.91. The Morgan fingerprint density at radius 1 is 1.86 bits per heavy atom. The highest BCUT2D eigenvalue weighted by atomic mass is 32.1. The van der Waals surface area contributed by atoms with Crippen LogP contribution < -0.4 is 5.11 Å². The van der Waals surface area contributed by atoms with E-state index in [-0.39, 0.29) is 11.6 Å². The van der Waals surface area contributed by atoms with Gasteiger partial charge in [-0.3, -0.25) is 0 Å². The minimum absolute atomic E-state index is 0.0616. The highest BCUT2D eigenvalue weighted by molar-refractivity contribution is 7.11. The molecule has 7 heteroatoms. The summed E-state index contributed by atoms with van der Waals surface area (Å²) >= 11 is 0.994. The van der Waals surface area contributed by atoms with Gasteiger partial charge < -0.3 is 9.90 Å². The lowest BCUT2D eigenvalue weighted by molar-refractivity contribution is -0.255. The Labute approximate surface area is 83.2 Å². The number of carbonyl (C=O) groups is 1. The number of azide groups is 1. The van der Waals surface area contributed by atoms with Crippen molar-refractivity contribution in [2.45, 2.75) is 0 Å². The normalized spacial score (nSPS) is 10.0. The van der Waals surface area contributed by atoms with Gasteiger partial charge in [0.25, 0.3) is 0 Å². The van der Waals surface area contributed by atoms with Crippen molar-refractivity contribution in [1.29, 1.82) is 0 Å². The van der Waals surface area contributed by atoms with Crippen LogP contribution in [0.15, 0.2) is 16.6 Å². The lowest BCUT2D eigenvalue weighted by Crippen LogP contribution is -2.21. The zero-order valence-corrected chi connectivity index (χ0v) is 7.77. The van der Waals surface area contributed by atoms with E-state index in [0.29, 0.717) is 5.69 Å². The quantitative estimate of drug-likeness (QED) is 0.416. The van der Waals surface area contributed by atoms with Crippen molar-refractivity contribution in [3.8, 4) is 0 Å².